The molecule has 1 heterocycles. The largest absolute Gasteiger partial charge is 0.308 e. The number of nitrogen functional groups attached to an aromatic ring is 1. The summed E-state index contributed by atoms with van der Waals surface area (Å²) in [5.41, 5.74) is 4.33. The summed E-state index contributed by atoms with van der Waals surface area (Å²) in [5, 5.41) is 0. The Balaban J connectivity index is 2.22. The first-order chi connectivity index (χ1) is 9.94. The molecule has 4 N–H and O–H groups in total. The average Bonchev–Trinajstić information content (AvgIpc) is 2.47. The van der Waals surface area contributed by atoms with E-state index >= 15 is 0 Å². The minimum absolute atomic E-state index is 0.0990. The van der Waals surface area contributed by atoms with Crippen molar-refractivity contribution in [3.8, 4) is 0 Å². The maximum atomic E-state index is 12.3. The Morgan fingerprint density at radius 1 is 1.19 bits per heavy atom. The topological polar surface area (TPSA) is 97.1 Å². The lowest BCUT2D eigenvalue weighted by Crippen LogP contribution is -2.27. The van der Waals surface area contributed by atoms with E-state index in [9.17, 15) is 8.42 Å². The molecule has 1 atom stereocenters. The Labute approximate surface area is 124 Å². The number of nitrogens with zero attached hydrogens (tertiary/aromatic N) is 1. The Kier molecular flexibility index (Phi) is 4.56. The summed E-state index contributed by atoms with van der Waals surface area (Å²) < 4.78 is 27.3. The van der Waals surface area contributed by atoms with Crippen LogP contribution < -0.4 is 16.0 Å². The van der Waals surface area contributed by atoms with Crippen LogP contribution in [0.1, 0.15) is 24.1 Å². The van der Waals surface area contributed by atoms with Gasteiger partial charge in [0.1, 0.15) is 10.7 Å². The number of aromatic nitrogens is 1. The van der Waals surface area contributed by atoms with Crippen LogP contribution in [0.5, 0.6) is 0 Å². The van der Waals surface area contributed by atoms with Gasteiger partial charge in [-0.3, -0.25) is 0 Å². The highest BCUT2D eigenvalue weighted by Crippen LogP contribution is 2.20. The number of sulfonamides is 1. The lowest BCUT2D eigenvalue weighted by molar-refractivity contribution is 0.566. The van der Waals surface area contributed by atoms with E-state index in [4.69, 9.17) is 5.84 Å². The number of hydrogen-bond donors (Lipinski definition) is 3. The maximum Gasteiger partial charge on any atom is 0.242 e. The molecule has 0 bridgehead atoms. The molecule has 1 aromatic carbocycles. The van der Waals surface area contributed by atoms with E-state index in [0.717, 1.165) is 11.1 Å². The Morgan fingerprint density at radius 2 is 1.90 bits per heavy atom. The second kappa shape index (κ2) is 6.21. The van der Waals surface area contributed by atoms with Crippen molar-refractivity contribution in [3.05, 3.63) is 53.7 Å². The van der Waals surface area contributed by atoms with Gasteiger partial charge in [0.15, 0.2) is 0 Å². The molecule has 112 valence electrons. The Morgan fingerprint density at radius 3 is 2.48 bits per heavy atom. The van der Waals surface area contributed by atoms with Gasteiger partial charge in [0.25, 0.3) is 0 Å². The highest BCUT2D eigenvalue weighted by Gasteiger charge is 2.19. The number of hydrazine groups is 1. The number of hydrogen-bond acceptors (Lipinski definition) is 5. The molecule has 1 aromatic heterocycles. The van der Waals surface area contributed by atoms with Crippen LogP contribution in [0.4, 0.5) is 5.82 Å². The highest BCUT2D eigenvalue weighted by atomic mass is 32.2. The Bertz CT molecular complexity index is 714. The van der Waals surface area contributed by atoms with Crippen LogP contribution in [0.25, 0.3) is 0 Å². The number of aryl methyl sites for hydroxylation is 1. The molecular formula is C14H18N4O2S. The molecule has 0 amide bonds. The average molecular weight is 306 g/mol. The standard InChI is InChI=1S/C14H18N4O2S/c1-10-5-3-4-6-13(10)11(2)18-21(19,20)12-7-8-14(17-15)16-9-12/h3-9,11,18H,15H2,1-2H3,(H,16,17). The van der Waals surface area contributed by atoms with E-state index in [0.29, 0.717) is 5.82 Å². The van der Waals surface area contributed by atoms with Crippen molar-refractivity contribution in [2.45, 2.75) is 24.8 Å². The number of benzene rings is 1. The first kappa shape index (κ1) is 15.4. The van der Waals surface area contributed by atoms with Crippen LogP contribution >= 0.6 is 0 Å². The van der Waals surface area contributed by atoms with Crippen molar-refractivity contribution >= 4 is 15.8 Å². The van der Waals surface area contributed by atoms with Crippen molar-refractivity contribution in [3.63, 3.8) is 0 Å². The van der Waals surface area contributed by atoms with Crippen LogP contribution in [0, 0.1) is 6.92 Å². The smallest absolute Gasteiger partial charge is 0.242 e. The van der Waals surface area contributed by atoms with Gasteiger partial charge in [-0.15, -0.1) is 0 Å². The number of rotatable bonds is 5. The zero-order chi connectivity index (χ0) is 15.5. The molecule has 7 heteroatoms. The molecule has 1 unspecified atom stereocenters. The molecular weight excluding hydrogens is 288 g/mol. The second-order valence-corrected chi connectivity index (χ2v) is 6.44. The Hall–Kier alpha value is -1.96. The fraction of sp³-hybridized carbons (Fsp3) is 0.214. The number of nitrogens with one attached hydrogen (secondary N) is 2. The van der Waals surface area contributed by atoms with Crippen molar-refractivity contribution in [1.29, 1.82) is 0 Å². The fourth-order valence-corrected chi connectivity index (χ4v) is 3.23. The summed E-state index contributed by atoms with van der Waals surface area (Å²) in [7, 11) is -3.63. The molecule has 0 saturated heterocycles. The number of pyridine rings is 1. The van der Waals surface area contributed by atoms with Crippen molar-refractivity contribution < 1.29 is 8.42 Å². The normalized spacial score (nSPS) is 12.9. The van der Waals surface area contributed by atoms with Gasteiger partial charge in [-0.25, -0.2) is 24.0 Å². The summed E-state index contributed by atoms with van der Waals surface area (Å²) in [6, 6.07) is 10.3. The molecule has 0 spiro atoms. The molecule has 2 aromatic rings. The van der Waals surface area contributed by atoms with Crippen LogP contribution in [0.2, 0.25) is 0 Å². The first-order valence-corrected chi connectivity index (χ1v) is 7.93. The van der Waals surface area contributed by atoms with Gasteiger partial charge in [0.05, 0.1) is 0 Å². The minimum Gasteiger partial charge on any atom is -0.308 e. The molecule has 2 rings (SSSR count). The predicted octanol–water partition coefficient (Wildman–Crippen LogP) is 1.72. The number of nitrogens with two attached hydrogens (primary N) is 1. The van der Waals surface area contributed by atoms with Crippen molar-refractivity contribution in [1.82, 2.24) is 9.71 Å². The monoisotopic (exact) mass is 306 g/mol. The van der Waals surface area contributed by atoms with Gasteiger partial charge in [-0.05, 0) is 37.1 Å². The lowest BCUT2D eigenvalue weighted by atomic mass is 10.0. The summed E-state index contributed by atoms with van der Waals surface area (Å²) in [6.45, 7) is 3.76. The van der Waals surface area contributed by atoms with E-state index in [1.54, 1.807) is 0 Å². The van der Waals surface area contributed by atoms with Gasteiger partial charge < -0.3 is 5.43 Å². The first-order valence-electron chi connectivity index (χ1n) is 6.44. The van der Waals surface area contributed by atoms with E-state index in [1.807, 2.05) is 38.1 Å². The quantitative estimate of drug-likeness (QED) is 0.577. The maximum absolute atomic E-state index is 12.3. The molecule has 0 fully saturated rings. The van der Waals surface area contributed by atoms with Crippen LogP contribution in [0.3, 0.4) is 0 Å². The molecule has 0 aliphatic rings. The third kappa shape index (κ3) is 3.57. The molecule has 21 heavy (non-hydrogen) atoms. The predicted molar refractivity (Wildman–Crippen MR) is 82.0 cm³/mol. The molecule has 6 nitrogen and oxygen atoms in total. The van der Waals surface area contributed by atoms with Crippen LogP contribution in [-0.4, -0.2) is 13.4 Å². The number of anilines is 1. The molecule has 0 aliphatic carbocycles. The third-order valence-corrected chi connectivity index (χ3v) is 4.71. The van der Waals surface area contributed by atoms with Crippen LogP contribution in [-0.2, 0) is 10.0 Å². The summed E-state index contributed by atoms with van der Waals surface area (Å²) in [4.78, 5) is 4.00. The van der Waals surface area contributed by atoms with Gasteiger partial charge >= 0.3 is 0 Å². The molecule has 0 aliphatic heterocycles. The van der Waals surface area contributed by atoms with Gasteiger partial charge in [-0.2, -0.15) is 0 Å². The van der Waals surface area contributed by atoms with Crippen LogP contribution in [0.15, 0.2) is 47.5 Å². The fourth-order valence-electron chi connectivity index (χ4n) is 2.06. The summed E-state index contributed by atoms with van der Waals surface area (Å²) in [5.74, 6) is 5.61. The van der Waals surface area contributed by atoms with Crippen molar-refractivity contribution in [2.24, 2.45) is 5.84 Å². The van der Waals surface area contributed by atoms with Gasteiger partial charge in [-0.1, -0.05) is 24.3 Å². The van der Waals surface area contributed by atoms with Gasteiger partial charge in [0, 0.05) is 12.2 Å². The zero-order valence-corrected chi connectivity index (χ0v) is 12.7. The van der Waals surface area contributed by atoms with E-state index < -0.39 is 10.0 Å². The van der Waals surface area contributed by atoms with Gasteiger partial charge in [0.2, 0.25) is 10.0 Å². The van der Waals surface area contributed by atoms with E-state index in [2.05, 4.69) is 15.1 Å². The summed E-state index contributed by atoms with van der Waals surface area (Å²) >= 11 is 0. The van der Waals surface area contributed by atoms with E-state index in [-0.39, 0.29) is 10.9 Å². The zero-order valence-electron chi connectivity index (χ0n) is 11.9. The lowest BCUT2D eigenvalue weighted by Gasteiger charge is -2.16. The SMILES string of the molecule is Cc1ccccc1C(C)NS(=O)(=O)c1ccc(NN)nc1. The van der Waals surface area contributed by atoms with E-state index in [1.165, 1.54) is 18.3 Å². The summed E-state index contributed by atoms with van der Waals surface area (Å²) in [6.07, 6.45) is 1.27. The highest BCUT2D eigenvalue weighted by molar-refractivity contribution is 7.89. The molecule has 0 saturated carbocycles. The molecule has 0 radical (unpaired) electrons. The third-order valence-electron chi connectivity index (χ3n) is 3.18. The minimum atomic E-state index is -3.63. The van der Waals surface area contributed by atoms with Crippen molar-refractivity contribution in [2.75, 3.05) is 5.43 Å². The second-order valence-electron chi connectivity index (χ2n) is 4.72.